The lowest BCUT2D eigenvalue weighted by Crippen LogP contribution is -2.30. The fourth-order valence-corrected chi connectivity index (χ4v) is 1.76. The summed E-state index contributed by atoms with van der Waals surface area (Å²) in [5.74, 6) is 1.29. The number of likely N-dealkylation sites (N-methyl/N-ethyl adjacent to an activating group) is 1. The lowest BCUT2D eigenvalue weighted by Gasteiger charge is -2.19. The summed E-state index contributed by atoms with van der Waals surface area (Å²) in [7, 11) is 0. The number of hydrogen-bond acceptors (Lipinski definition) is 4. The molecule has 5 heteroatoms. The summed E-state index contributed by atoms with van der Waals surface area (Å²) >= 11 is 0. The normalized spacial score (nSPS) is 10.8. The molecule has 0 spiro atoms. The molecule has 0 bridgehead atoms. The first-order valence-corrected chi connectivity index (χ1v) is 6.20. The molecule has 0 unspecified atom stereocenters. The minimum absolute atomic E-state index is 0.110. The maximum Gasteiger partial charge on any atom is 0.252 e. The number of nitrogens with zero attached hydrogens (tertiary/aromatic N) is 2. The summed E-state index contributed by atoms with van der Waals surface area (Å²) < 4.78 is 0. The maximum absolute atomic E-state index is 11.2. The van der Waals surface area contributed by atoms with E-state index in [1.807, 2.05) is 0 Å². The Balaban J connectivity index is 2.42. The molecule has 0 aliphatic rings. The Morgan fingerprint density at radius 1 is 1.41 bits per heavy atom. The van der Waals surface area contributed by atoms with E-state index >= 15 is 0 Å². The molecule has 0 aromatic carbocycles. The molecule has 1 rings (SSSR count). The average Bonchev–Trinajstić information content (AvgIpc) is 2.26. The van der Waals surface area contributed by atoms with Crippen molar-refractivity contribution in [2.75, 3.05) is 31.5 Å². The number of rotatable bonds is 7. The Labute approximate surface area is 102 Å². The summed E-state index contributed by atoms with van der Waals surface area (Å²) in [4.78, 5) is 20.4. The Morgan fingerprint density at radius 2 is 2.18 bits per heavy atom. The first-order chi connectivity index (χ1) is 8.15. The smallest absolute Gasteiger partial charge is 0.252 e. The van der Waals surface area contributed by atoms with Gasteiger partial charge in [0.25, 0.3) is 5.56 Å². The second kappa shape index (κ2) is 7.06. The van der Waals surface area contributed by atoms with Gasteiger partial charge in [-0.25, -0.2) is 4.98 Å². The van der Waals surface area contributed by atoms with Crippen LogP contribution in [0, 0.1) is 6.92 Å². The standard InChI is InChI=1S/C12H22N4O/c1-4-7-16(5-2)8-6-13-11-9-12(17)15-10(3)14-11/h9H,4-8H2,1-3H3,(H2,13,14,15,17). The van der Waals surface area contributed by atoms with Gasteiger partial charge in [0.15, 0.2) is 0 Å². The summed E-state index contributed by atoms with van der Waals surface area (Å²) in [6.07, 6.45) is 1.16. The number of nitrogens with one attached hydrogen (secondary N) is 2. The second-order valence-electron chi connectivity index (χ2n) is 4.08. The highest BCUT2D eigenvalue weighted by Gasteiger charge is 2.01. The van der Waals surface area contributed by atoms with Crippen molar-refractivity contribution in [3.05, 3.63) is 22.2 Å². The Hall–Kier alpha value is -1.36. The number of aromatic nitrogens is 2. The molecule has 17 heavy (non-hydrogen) atoms. The molecule has 0 aliphatic heterocycles. The van der Waals surface area contributed by atoms with E-state index in [2.05, 4.69) is 34.0 Å². The van der Waals surface area contributed by atoms with E-state index in [4.69, 9.17) is 0 Å². The topological polar surface area (TPSA) is 61.0 Å². The Morgan fingerprint density at radius 3 is 2.76 bits per heavy atom. The highest BCUT2D eigenvalue weighted by atomic mass is 16.1. The number of aromatic amines is 1. The van der Waals surface area contributed by atoms with E-state index in [1.165, 1.54) is 6.07 Å². The summed E-state index contributed by atoms with van der Waals surface area (Å²) in [5.41, 5.74) is -0.110. The minimum Gasteiger partial charge on any atom is -0.369 e. The SMILES string of the molecule is CCCN(CC)CCNc1cc(=O)[nH]c(C)n1. The van der Waals surface area contributed by atoms with Gasteiger partial charge in [0.1, 0.15) is 11.6 Å². The van der Waals surface area contributed by atoms with Crippen molar-refractivity contribution in [1.29, 1.82) is 0 Å². The van der Waals surface area contributed by atoms with Crippen molar-refractivity contribution < 1.29 is 0 Å². The lowest BCUT2D eigenvalue weighted by molar-refractivity contribution is 0.300. The van der Waals surface area contributed by atoms with Crippen LogP contribution in [0.5, 0.6) is 0 Å². The molecule has 0 fully saturated rings. The van der Waals surface area contributed by atoms with E-state index < -0.39 is 0 Å². The van der Waals surface area contributed by atoms with Crippen molar-refractivity contribution in [1.82, 2.24) is 14.9 Å². The first kappa shape index (κ1) is 13.7. The molecule has 0 saturated carbocycles. The molecule has 0 radical (unpaired) electrons. The fourth-order valence-electron chi connectivity index (χ4n) is 1.76. The average molecular weight is 238 g/mol. The summed E-state index contributed by atoms with van der Waals surface area (Å²) in [6, 6.07) is 1.49. The van der Waals surface area contributed by atoms with E-state index in [0.29, 0.717) is 11.6 Å². The van der Waals surface area contributed by atoms with Gasteiger partial charge in [-0.3, -0.25) is 4.79 Å². The molecule has 0 saturated heterocycles. The third-order valence-corrected chi connectivity index (χ3v) is 2.58. The van der Waals surface area contributed by atoms with E-state index in [1.54, 1.807) is 6.92 Å². The highest BCUT2D eigenvalue weighted by molar-refractivity contribution is 5.32. The van der Waals surface area contributed by atoms with Gasteiger partial charge >= 0.3 is 0 Å². The van der Waals surface area contributed by atoms with Gasteiger partial charge in [-0.2, -0.15) is 0 Å². The quantitative estimate of drug-likeness (QED) is 0.750. The molecule has 0 aliphatic carbocycles. The molecule has 5 nitrogen and oxygen atoms in total. The monoisotopic (exact) mass is 238 g/mol. The molecule has 2 N–H and O–H groups in total. The number of aryl methyl sites for hydroxylation is 1. The second-order valence-corrected chi connectivity index (χ2v) is 4.08. The predicted molar refractivity (Wildman–Crippen MR) is 70.5 cm³/mol. The summed E-state index contributed by atoms with van der Waals surface area (Å²) in [5, 5.41) is 3.18. The van der Waals surface area contributed by atoms with Gasteiger partial charge in [0.2, 0.25) is 0 Å². The van der Waals surface area contributed by atoms with Gasteiger partial charge in [0.05, 0.1) is 0 Å². The largest absolute Gasteiger partial charge is 0.369 e. The first-order valence-electron chi connectivity index (χ1n) is 6.20. The van der Waals surface area contributed by atoms with Crippen molar-refractivity contribution in [2.24, 2.45) is 0 Å². The number of H-pyrrole nitrogens is 1. The third kappa shape index (κ3) is 4.99. The Kier molecular flexibility index (Phi) is 5.69. The molecule has 1 heterocycles. The highest BCUT2D eigenvalue weighted by Crippen LogP contribution is 1.98. The molecule has 96 valence electrons. The van der Waals surface area contributed by atoms with Crippen LogP contribution in [0.4, 0.5) is 5.82 Å². The van der Waals surface area contributed by atoms with Crippen LogP contribution in [0.25, 0.3) is 0 Å². The van der Waals surface area contributed by atoms with Crippen LogP contribution in [0.2, 0.25) is 0 Å². The van der Waals surface area contributed by atoms with Crippen LogP contribution < -0.4 is 10.9 Å². The van der Waals surface area contributed by atoms with Crippen LogP contribution in [-0.2, 0) is 0 Å². The van der Waals surface area contributed by atoms with Crippen LogP contribution in [0.1, 0.15) is 26.1 Å². The zero-order valence-corrected chi connectivity index (χ0v) is 10.9. The molecule has 0 atom stereocenters. The van der Waals surface area contributed by atoms with Gasteiger partial charge < -0.3 is 15.2 Å². The molecule has 1 aromatic heterocycles. The van der Waals surface area contributed by atoms with Crippen molar-refractivity contribution in [3.8, 4) is 0 Å². The zero-order valence-electron chi connectivity index (χ0n) is 10.9. The van der Waals surface area contributed by atoms with Crippen LogP contribution in [0.15, 0.2) is 10.9 Å². The molecule has 0 amide bonds. The van der Waals surface area contributed by atoms with Gasteiger partial charge in [-0.1, -0.05) is 13.8 Å². The molecular formula is C12H22N4O. The van der Waals surface area contributed by atoms with Crippen molar-refractivity contribution in [2.45, 2.75) is 27.2 Å². The van der Waals surface area contributed by atoms with Crippen LogP contribution in [0.3, 0.4) is 0 Å². The number of hydrogen-bond donors (Lipinski definition) is 2. The predicted octanol–water partition coefficient (Wildman–Crippen LogP) is 1.22. The van der Waals surface area contributed by atoms with Crippen molar-refractivity contribution >= 4 is 5.82 Å². The van der Waals surface area contributed by atoms with Crippen LogP contribution >= 0.6 is 0 Å². The molecular weight excluding hydrogens is 216 g/mol. The summed E-state index contributed by atoms with van der Waals surface area (Å²) in [6.45, 7) is 10.1. The van der Waals surface area contributed by atoms with Crippen LogP contribution in [-0.4, -0.2) is 41.0 Å². The third-order valence-electron chi connectivity index (χ3n) is 2.58. The fraction of sp³-hybridized carbons (Fsp3) is 0.667. The van der Waals surface area contributed by atoms with E-state index in [9.17, 15) is 4.79 Å². The zero-order chi connectivity index (χ0) is 12.7. The van der Waals surface area contributed by atoms with Gasteiger partial charge in [-0.05, 0) is 26.4 Å². The number of anilines is 1. The van der Waals surface area contributed by atoms with Gasteiger partial charge in [0, 0.05) is 19.2 Å². The van der Waals surface area contributed by atoms with E-state index in [0.717, 1.165) is 32.6 Å². The molecule has 1 aromatic rings. The lowest BCUT2D eigenvalue weighted by atomic mass is 10.4. The Bertz CT molecular complexity index is 388. The van der Waals surface area contributed by atoms with E-state index in [-0.39, 0.29) is 5.56 Å². The maximum atomic E-state index is 11.2. The van der Waals surface area contributed by atoms with Crippen molar-refractivity contribution in [3.63, 3.8) is 0 Å². The minimum atomic E-state index is -0.110. The van der Waals surface area contributed by atoms with Gasteiger partial charge in [-0.15, -0.1) is 0 Å².